The minimum absolute atomic E-state index is 0.186. The first-order valence-electron chi connectivity index (χ1n) is 7.08. The molecule has 1 aromatic carbocycles. The van der Waals surface area contributed by atoms with Crippen molar-refractivity contribution in [2.45, 2.75) is 18.5 Å². The number of rotatable bonds is 5. The molecular weight excluding hydrogens is 340 g/mol. The van der Waals surface area contributed by atoms with Crippen LogP contribution in [0.15, 0.2) is 17.3 Å². The molecule has 2 N–H and O–H groups in total. The summed E-state index contributed by atoms with van der Waals surface area (Å²) >= 11 is 7.41. The minimum Gasteiger partial charge on any atom is -0.486 e. The summed E-state index contributed by atoms with van der Waals surface area (Å²) in [6.45, 7) is 2.94. The molecule has 0 atom stereocenters. The molecule has 2 heterocycles. The highest BCUT2D eigenvalue weighted by molar-refractivity contribution is 7.99. The van der Waals surface area contributed by atoms with E-state index in [9.17, 15) is 4.79 Å². The van der Waals surface area contributed by atoms with Gasteiger partial charge in [-0.15, -0.1) is 5.10 Å². The van der Waals surface area contributed by atoms with Gasteiger partial charge in [0.1, 0.15) is 19.0 Å². The maximum atomic E-state index is 12.1. The number of carbonyl (C=O) groups is 1. The molecule has 1 amide bonds. The number of H-pyrrole nitrogens is 1. The highest BCUT2D eigenvalue weighted by atomic mass is 35.5. The van der Waals surface area contributed by atoms with Gasteiger partial charge >= 0.3 is 0 Å². The SMILES string of the molecule is CCc1nc(SCC(=O)Nc2cc3c(cc2Cl)OCCO3)n[nH]1. The van der Waals surface area contributed by atoms with Crippen molar-refractivity contribution in [2.24, 2.45) is 0 Å². The Morgan fingerprint density at radius 1 is 1.39 bits per heavy atom. The van der Waals surface area contributed by atoms with Gasteiger partial charge in [0, 0.05) is 18.6 Å². The maximum Gasteiger partial charge on any atom is 0.234 e. The van der Waals surface area contributed by atoms with Crippen molar-refractivity contribution in [1.82, 2.24) is 15.2 Å². The summed E-state index contributed by atoms with van der Waals surface area (Å²) in [5.74, 6) is 1.94. The predicted octanol–water partition coefficient (Wildman–Crippen LogP) is 2.52. The van der Waals surface area contributed by atoms with Crippen LogP contribution in [0.5, 0.6) is 11.5 Å². The van der Waals surface area contributed by atoms with E-state index in [1.807, 2.05) is 6.92 Å². The average Bonchev–Trinajstić information content (AvgIpc) is 3.02. The van der Waals surface area contributed by atoms with Crippen molar-refractivity contribution >= 4 is 35.0 Å². The Balaban J connectivity index is 1.61. The lowest BCUT2D eigenvalue weighted by atomic mass is 10.2. The quantitative estimate of drug-likeness (QED) is 0.802. The van der Waals surface area contributed by atoms with Gasteiger partial charge in [-0.1, -0.05) is 30.3 Å². The van der Waals surface area contributed by atoms with Gasteiger partial charge < -0.3 is 14.8 Å². The first-order valence-corrected chi connectivity index (χ1v) is 8.45. The normalized spacial score (nSPS) is 13.0. The van der Waals surface area contributed by atoms with Gasteiger partial charge in [-0.05, 0) is 0 Å². The van der Waals surface area contributed by atoms with Crippen LogP contribution in [0.3, 0.4) is 0 Å². The highest BCUT2D eigenvalue weighted by Crippen LogP contribution is 2.38. The number of aryl methyl sites for hydroxylation is 1. The lowest BCUT2D eigenvalue weighted by Crippen LogP contribution is -2.17. The molecule has 1 aromatic heterocycles. The van der Waals surface area contributed by atoms with E-state index < -0.39 is 0 Å². The Morgan fingerprint density at radius 3 is 2.83 bits per heavy atom. The molecule has 1 aliphatic rings. The summed E-state index contributed by atoms with van der Waals surface area (Å²) in [4.78, 5) is 16.3. The predicted molar refractivity (Wildman–Crippen MR) is 87.6 cm³/mol. The molecule has 0 spiro atoms. The summed E-state index contributed by atoms with van der Waals surface area (Å²) in [5.41, 5.74) is 0.491. The Labute approximate surface area is 142 Å². The molecular formula is C14H15ClN4O3S. The van der Waals surface area contributed by atoms with Crippen molar-refractivity contribution in [1.29, 1.82) is 0 Å². The third-order valence-electron chi connectivity index (χ3n) is 3.08. The molecule has 1 aliphatic heterocycles. The van der Waals surface area contributed by atoms with E-state index in [-0.39, 0.29) is 11.7 Å². The zero-order valence-electron chi connectivity index (χ0n) is 12.4. The Kier molecular flexibility index (Phi) is 4.92. The zero-order chi connectivity index (χ0) is 16.2. The fraction of sp³-hybridized carbons (Fsp3) is 0.357. The number of amides is 1. The fourth-order valence-corrected chi connectivity index (χ4v) is 2.79. The second-order valence-corrected chi connectivity index (χ2v) is 6.08. The van der Waals surface area contributed by atoms with Crippen LogP contribution < -0.4 is 14.8 Å². The number of hydrogen-bond acceptors (Lipinski definition) is 6. The Hall–Kier alpha value is -1.93. The number of ether oxygens (including phenoxy) is 2. The molecule has 23 heavy (non-hydrogen) atoms. The molecule has 3 rings (SSSR count). The van der Waals surface area contributed by atoms with Gasteiger partial charge in [0.05, 0.1) is 16.5 Å². The lowest BCUT2D eigenvalue weighted by Gasteiger charge is -2.19. The first kappa shape index (κ1) is 15.9. The molecule has 7 nitrogen and oxygen atoms in total. The van der Waals surface area contributed by atoms with Crippen LogP contribution in [-0.4, -0.2) is 40.1 Å². The van der Waals surface area contributed by atoms with Gasteiger partial charge in [0.2, 0.25) is 11.1 Å². The van der Waals surface area contributed by atoms with E-state index in [1.165, 1.54) is 11.8 Å². The van der Waals surface area contributed by atoms with Gasteiger partial charge in [0.15, 0.2) is 11.5 Å². The number of carbonyl (C=O) groups excluding carboxylic acids is 1. The Bertz CT molecular complexity index is 722. The van der Waals surface area contributed by atoms with Crippen LogP contribution in [0.4, 0.5) is 5.69 Å². The largest absolute Gasteiger partial charge is 0.486 e. The number of hydrogen-bond donors (Lipinski definition) is 2. The van der Waals surface area contributed by atoms with E-state index in [0.717, 1.165) is 12.2 Å². The number of fused-ring (bicyclic) bond motifs is 1. The van der Waals surface area contributed by atoms with Gasteiger partial charge in [-0.2, -0.15) is 0 Å². The number of thioether (sulfide) groups is 1. The summed E-state index contributed by atoms with van der Waals surface area (Å²) in [6.07, 6.45) is 0.770. The molecule has 0 fully saturated rings. The minimum atomic E-state index is -0.198. The van der Waals surface area contributed by atoms with Crippen molar-refractivity contribution in [3.05, 3.63) is 23.0 Å². The summed E-state index contributed by atoms with van der Waals surface area (Å²) in [6, 6.07) is 3.31. The molecule has 0 saturated carbocycles. The van der Waals surface area contributed by atoms with Gasteiger partial charge in [-0.25, -0.2) is 4.98 Å². The topological polar surface area (TPSA) is 89.1 Å². The van der Waals surface area contributed by atoms with Crippen LogP contribution in [0.1, 0.15) is 12.7 Å². The van der Waals surface area contributed by atoms with Crippen LogP contribution in [0.2, 0.25) is 5.02 Å². The van der Waals surface area contributed by atoms with Crippen LogP contribution >= 0.6 is 23.4 Å². The first-order chi connectivity index (χ1) is 11.2. The van der Waals surface area contributed by atoms with Crippen LogP contribution in [0.25, 0.3) is 0 Å². The third-order valence-corrected chi connectivity index (χ3v) is 4.24. The molecule has 122 valence electrons. The third kappa shape index (κ3) is 3.89. The van der Waals surface area contributed by atoms with Crippen molar-refractivity contribution in [3.8, 4) is 11.5 Å². The smallest absolute Gasteiger partial charge is 0.234 e. The number of nitrogens with zero attached hydrogens (tertiary/aromatic N) is 2. The number of nitrogens with one attached hydrogen (secondary N) is 2. The van der Waals surface area contributed by atoms with Crippen molar-refractivity contribution in [2.75, 3.05) is 24.3 Å². The monoisotopic (exact) mass is 354 g/mol. The molecule has 0 saturated heterocycles. The number of benzene rings is 1. The molecule has 2 aromatic rings. The molecule has 0 bridgehead atoms. The van der Waals surface area contributed by atoms with E-state index >= 15 is 0 Å². The summed E-state index contributed by atoms with van der Waals surface area (Å²) in [7, 11) is 0. The number of anilines is 1. The molecule has 0 aliphatic carbocycles. The van der Waals surface area contributed by atoms with Crippen LogP contribution in [0, 0.1) is 0 Å². The number of aromatic nitrogens is 3. The summed E-state index contributed by atoms with van der Waals surface area (Å²) in [5, 5.41) is 10.5. The second-order valence-electron chi connectivity index (χ2n) is 4.73. The molecule has 0 unspecified atom stereocenters. The second kappa shape index (κ2) is 7.10. The summed E-state index contributed by atoms with van der Waals surface area (Å²) < 4.78 is 10.9. The van der Waals surface area contributed by atoms with E-state index in [0.29, 0.717) is 40.6 Å². The number of halogens is 1. The van der Waals surface area contributed by atoms with Crippen molar-refractivity contribution in [3.63, 3.8) is 0 Å². The highest BCUT2D eigenvalue weighted by Gasteiger charge is 2.16. The number of aromatic amines is 1. The fourth-order valence-electron chi connectivity index (χ4n) is 1.98. The van der Waals surface area contributed by atoms with Crippen LogP contribution in [-0.2, 0) is 11.2 Å². The average molecular weight is 355 g/mol. The molecule has 0 radical (unpaired) electrons. The van der Waals surface area contributed by atoms with E-state index in [4.69, 9.17) is 21.1 Å². The van der Waals surface area contributed by atoms with E-state index in [1.54, 1.807) is 12.1 Å². The Morgan fingerprint density at radius 2 is 2.13 bits per heavy atom. The zero-order valence-corrected chi connectivity index (χ0v) is 14.0. The van der Waals surface area contributed by atoms with E-state index in [2.05, 4.69) is 20.5 Å². The maximum absolute atomic E-state index is 12.1. The van der Waals surface area contributed by atoms with Gasteiger partial charge in [0.25, 0.3) is 0 Å². The lowest BCUT2D eigenvalue weighted by molar-refractivity contribution is -0.113. The standard InChI is InChI=1S/C14H15ClN4O3S/c1-2-12-17-14(19-18-12)23-7-13(20)16-9-6-11-10(5-8(9)15)21-3-4-22-11/h5-6H,2-4,7H2,1H3,(H,16,20)(H,17,18,19). The molecule has 9 heteroatoms. The van der Waals surface area contributed by atoms with Gasteiger partial charge in [-0.3, -0.25) is 9.89 Å². The van der Waals surface area contributed by atoms with Crippen molar-refractivity contribution < 1.29 is 14.3 Å².